The molecule has 3 rings (SSSR count). The Balaban J connectivity index is 1.52. The van der Waals surface area contributed by atoms with Crippen molar-refractivity contribution < 1.29 is 17.9 Å². The smallest absolute Gasteiger partial charge is 0.406 e. The highest BCUT2D eigenvalue weighted by molar-refractivity contribution is 7.80. The quantitative estimate of drug-likeness (QED) is 0.540. The Bertz CT molecular complexity index is 936. The van der Waals surface area contributed by atoms with Gasteiger partial charge < -0.3 is 20.4 Å². The summed E-state index contributed by atoms with van der Waals surface area (Å²) in [6.07, 6.45) is -3.91. The maximum absolute atomic E-state index is 12.2. The zero-order valence-corrected chi connectivity index (χ0v) is 15.3. The van der Waals surface area contributed by atoms with Gasteiger partial charge in [0, 0.05) is 28.8 Å². The molecular weight excluding hydrogens is 375 g/mol. The first-order valence-corrected chi connectivity index (χ1v) is 8.69. The van der Waals surface area contributed by atoms with Crippen molar-refractivity contribution in [1.82, 2.24) is 10.3 Å². The Kier molecular flexibility index (Phi) is 5.55. The molecule has 0 atom stereocenters. The third kappa shape index (κ3) is 5.13. The molecule has 1 aromatic heterocycles. The monoisotopic (exact) mass is 393 g/mol. The Morgan fingerprint density at radius 1 is 1.11 bits per heavy atom. The molecule has 0 bridgehead atoms. The maximum Gasteiger partial charge on any atom is 0.573 e. The van der Waals surface area contributed by atoms with E-state index in [4.69, 9.17) is 12.2 Å². The molecule has 3 aromatic rings. The number of rotatable bonds is 5. The van der Waals surface area contributed by atoms with E-state index in [9.17, 15) is 13.2 Å². The summed E-state index contributed by atoms with van der Waals surface area (Å²) in [7, 11) is 0. The van der Waals surface area contributed by atoms with Gasteiger partial charge in [-0.25, -0.2) is 0 Å². The zero-order chi connectivity index (χ0) is 19.4. The number of nitrogens with one attached hydrogen (secondary N) is 3. The van der Waals surface area contributed by atoms with Crippen LogP contribution in [0.15, 0.2) is 48.5 Å². The number of aryl methyl sites for hydroxylation is 1. The van der Waals surface area contributed by atoms with Crippen molar-refractivity contribution in [2.24, 2.45) is 0 Å². The van der Waals surface area contributed by atoms with Gasteiger partial charge in [0.25, 0.3) is 0 Å². The van der Waals surface area contributed by atoms with Gasteiger partial charge in [-0.05, 0) is 61.5 Å². The number of benzene rings is 2. The van der Waals surface area contributed by atoms with Crippen LogP contribution in [0.4, 0.5) is 18.9 Å². The van der Waals surface area contributed by atoms with E-state index < -0.39 is 6.36 Å². The normalized spacial score (nSPS) is 11.4. The molecule has 4 nitrogen and oxygen atoms in total. The summed E-state index contributed by atoms with van der Waals surface area (Å²) in [6, 6.07) is 13.5. The fraction of sp³-hybridized carbons (Fsp3) is 0.211. The predicted molar refractivity (Wildman–Crippen MR) is 104 cm³/mol. The molecule has 142 valence electrons. The Labute approximate surface area is 159 Å². The van der Waals surface area contributed by atoms with E-state index in [0.717, 1.165) is 17.6 Å². The number of alkyl halides is 3. The highest BCUT2D eigenvalue weighted by atomic mass is 32.1. The number of thiocarbonyl (C=S) groups is 1. The second kappa shape index (κ2) is 7.87. The number of aromatic nitrogens is 1. The van der Waals surface area contributed by atoms with Crippen LogP contribution in [0.1, 0.15) is 11.3 Å². The molecule has 1 heterocycles. The molecule has 0 saturated heterocycles. The lowest BCUT2D eigenvalue weighted by molar-refractivity contribution is -0.274. The molecular formula is C19H18F3N3OS. The summed E-state index contributed by atoms with van der Waals surface area (Å²) in [4.78, 5) is 3.36. The minimum absolute atomic E-state index is 0.276. The topological polar surface area (TPSA) is 49.1 Å². The van der Waals surface area contributed by atoms with Crippen molar-refractivity contribution in [3.8, 4) is 5.75 Å². The summed E-state index contributed by atoms with van der Waals surface area (Å²) in [5.74, 6) is -0.276. The Morgan fingerprint density at radius 3 is 2.52 bits per heavy atom. The van der Waals surface area contributed by atoms with Gasteiger partial charge in [-0.2, -0.15) is 0 Å². The van der Waals surface area contributed by atoms with Gasteiger partial charge >= 0.3 is 6.36 Å². The fourth-order valence-corrected chi connectivity index (χ4v) is 3.09. The molecule has 0 radical (unpaired) electrons. The maximum atomic E-state index is 12.2. The second-order valence-electron chi connectivity index (χ2n) is 5.98. The van der Waals surface area contributed by atoms with Gasteiger partial charge in [-0.1, -0.05) is 18.2 Å². The average molecular weight is 393 g/mol. The van der Waals surface area contributed by atoms with Crippen molar-refractivity contribution in [2.45, 2.75) is 19.7 Å². The summed E-state index contributed by atoms with van der Waals surface area (Å²) in [6.45, 7) is 2.67. The van der Waals surface area contributed by atoms with Gasteiger partial charge in [-0.3, -0.25) is 0 Å². The number of fused-ring (bicyclic) bond motifs is 1. The van der Waals surface area contributed by atoms with Crippen LogP contribution in [-0.2, 0) is 6.42 Å². The van der Waals surface area contributed by atoms with Crippen molar-refractivity contribution in [2.75, 3.05) is 11.9 Å². The number of para-hydroxylation sites is 1. The number of anilines is 1. The first-order chi connectivity index (χ1) is 12.8. The molecule has 8 heteroatoms. The molecule has 2 aromatic carbocycles. The van der Waals surface area contributed by atoms with Gasteiger partial charge in [-0.15, -0.1) is 13.2 Å². The summed E-state index contributed by atoms with van der Waals surface area (Å²) in [5.41, 5.74) is 4.03. The molecule has 0 fully saturated rings. The third-order valence-corrected chi connectivity index (χ3v) is 4.28. The minimum atomic E-state index is -4.70. The Hall–Kier alpha value is -2.74. The summed E-state index contributed by atoms with van der Waals surface area (Å²) < 4.78 is 40.3. The van der Waals surface area contributed by atoms with E-state index in [2.05, 4.69) is 26.4 Å². The minimum Gasteiger partial charge on any atom is -0.406 e. The predicted octanol–water partition coefficient (Wildman–Crippen LogP) is 4.90. The molecule has 0 aliphatic heterocycles. The molecule has 0 amide bonds. The number of hydrogen-bond acceptors (Lipinski definition) is 2. The fourth-order valence-electron chi connectivity index (χ4n) is 2.87. The van der Waals surface area contributed by atoms with E-state index in [1.54, 1.807) is 0 Å². The molecule has 0 saturated carbocycles. The van der Waals surface area contributed by atoms with Crippen molar-refractivity contribution in [1.29, 1.82) is 0 Å². The lowest BCUT2D eigenvalue weighted by Gasteiger charge is -2.12. The van der Waals surface area contributed by atoms with E-state index in [-0.39, 0.29) is 5.75 Å². The van der Waals surface area contributed by atoms with Crippen molar-refractivity contribution in [3.05, 3.63) is 59.8 Å². The van der Waals surface area contributed by atoms with Gasteiger partial charge in [0.15, 0.2) is 5.11 Å². The SMILES string of the molecule is Cc1[nH]c2ccccc2c1CCNC(=S)Nc1ccc(OC(F)(F)F)cc1. The van der Waals surface area contributed by atoms with Gasteiger partial charge in [0.1, 0.15) is 5.75 Å². The number of ether oxygens (including phenoxy) is 1. The number of aromatic amines is 1. The first kappa shape index (κ1) is 19.0. The third-order valence-electron chi connectivity index (χ3n) is 4.03. The van der Waals surface area contributed by atoms with Gasteiger partial charge in [0.2, 0.25) is 0 Å². The van der Waals surface area contributed by atoms with Crippen molar-refractivity contribution in [3.63, 3.8) is 0 Å². The number of halogens is 3. The molecule has 27 heavy (non-hydrogen) atoms. The van der Waals surface area contributed by atoms with Crippen LogP contribution in [0.3, 0.4) is 0 Å². The summed E-state index contributed by atoms with van der Waals surface area (Å²) in [5, 5.41) is 7.64. The van der Waals surface area contributed by atoms with E-state index in [1.807, 2.05) is 25.1 Å². The highest BCUT2D eigenvalue weighted by Gasteiger charge is 2.30. The molecule has 0 spiro atoms. The van der Waals surface area contributed by atoms with Gasteiger partial charge in [0.05, 0.1) is 0 Å². The highest BCUT2D eigenvalue weighted by Crippen LogP contribution is 2.24. The van der Waals surface area contributed by atoms with E-state index in [0.29, 0.717) is 17.3 Å². The van der Waals surface area contributed by atoms with Crippen LogP contribution in [0.2, 0.25) is 0 Å². The zero-order valence-electron chi connectivity index (χ0n) is 14.5. The largest absolute Gasteiger partial charge is 0.573 e. The van der Waals surface area contributed by atoms with E-state index >= 15 is 0 Å². The molecule has 0 aliphatic carbocycles. The summed E-state index contributed by atoms with van der Waals surface area (Å²) >= 11 is 5.24. The van der Waals surface area contributed by atoms with Crippen LogP contribution in [0.25, 0.3) is 10.9 Å². The van der Waals surface area contributed by atoms with Crippen LogP contribution < -0.4 is 15.4 Å². The molecule has 0 aliphatic rings. The van der Waals surface area contributed by atoms with Crippen molar-refractivity contribution >= 4 is 33.9 Å². The lowest BCUT2D eigenvalue weighted by Crippen LogP contribution is -2.30. The van der Waals surface area contributed by atoms with Crippen LogP contribution in [0, 0.1) is 6.92 Å². The lowest BCUT2D eigenvalue weighted by atomic mass is 10.1. The molecule has 3 N–H and O–H groups in total. The average Bonchev–Trinajstić information content (AvgIpc) is 2.91. The van der Waals surface area contributed by atoms with Crippen LogP contribution >= 0.6 is 12.2 Å². The standard InChI is InChI=1S/C19H18F3N3OS/c1-12-15(16-4-2-3-5-17(16)24-12)10-11-23-18(27)25-13-6-8-14(9-7-13)26-19(20,21)22/h2-9,24H,10-11H2,1H3,(H2,23,25,27). The number of H-pyrrole nitrogens is 1. The van der Waals surface area contributed by atoms with E-state index in [1.165, 1.54) is 35.2 Å². The first-order valence-electron chi connectivity index (χ1n) is 8.29. The van der Waals surface area contributed by atoms with Crippen LogP contribution in [0.5, 0.6) is 5.75 Å². The molecule has 0 unspecified atom stereocenters. The second-order valence-corrected chi connectivity index (χ2v) is 6.39. The van der Waals surface area contributed by atoms with Crippen LogP contribution in [-0.4, -0.2) is 23.0 Å². The number of hydrogen-bond donors (Lipinski definition) is 3. The Morgan fingerprint density at radius 2 is 1.81 bits per heavy atom.